The van der Waals surface area contributed by atoms with Crippen molar-refractivity contribution in [3.63, 3.8) is 0 Å². The van der Waals surface area contributed by atoms with Crippen LogP contribution < -0.4 is 11.1 Å². The lowest BCUT2D eigenvalue weighted by atomic mass is 10.1. The quantitative estimate of drug-likeness (QED) is 0.764. The Morgan fingerprint density at radius 1 is 1.39 bits per heavy atom. The van der Waals surface area contributed by atoms with Crippen molar-refractivity contribution in [1.82, 2.24) is 15.5 Å². The van der Waals surface area contributed by atoms with Gasteiger partial charge >= 0.3 is 0 Å². The monoisotopic (exact) mass is 246 g/mol. The van der Waals surface area contributed by atoms with Crippen molar-refractivity contribution < 1.29 is 9.32 Å². The molecule has 0 unspecified atom stereocenters. The van der Waals surface area contributed by atoms with E-state index < -0.39 is 0 Å². The summed E-state index contributed by atoms with van der Waals surface area (Å²) >= 11 is 0. The molecule has 1 amide bonds. The highest BCUT2D eigenvalue weighted by Crippen LogP contribution is 2.12. The third-order valence-corrected chi connectivity index (χ3v) is 2.53. The number of para-hydroxylation sites is 1. The number of aryl methyl sites for hydroxylation is 1. The van der Waals surface area contributed by atoms with E-state index in [2.05, 4.69) is 20.0 Å². The first-order chi connectivity index (χ1) is 8.75. The number of nitrogen functional groups attached to an aromatic ring is 1. The highest BCUT2D eigenvalue weighted by molar-refractivity contribution is 5.76. The molecule has 94 valence electrons. The Morgan fingerprint density at radius 3 is 2.94 bits per heavy atom. The molecule has 6 heteroatoms. The van der Waals surface area contributed by atoms with E-state index in [1.807, 2.05) is 24.3 Å². The van der Waals surface area contributed by atoms with Crippen LogP contribution in [0, 0.1) is 0 Å². The van der Waals surface area contributed by atoms with Crippen molar-refractivity contribution in [1.29, 1.82) is 0 Å². The molecule has 0 saturated carbocycles. The molecule has 0 aliphatic carbocycles. The van der Waals surface area contributed by atoms with Gasteiger partial charge in [-0.15, -0.1) is 0 Å². The van der Waals surface area contributed by atoms with Gasteiger partial charge in [0.1, 0.15) is 0 Å². The number of carbonyl (C=O) groups excluding carboxylic acids is 1. The number of carbonyl (C=O) groups is 1. The van der Waals surface area contributed by atoms with Crippen LogP contribution in [0.25, 0.3) is 0 Å². The molecule has 0 saturated heterocycles. The summed E-state index contributed by atoms with van der Waals surface area (Å²) in [6, 6.07) is 7.52. The van der Waals surface area contributed by atoms with Crippen LogP contribution in [0.4, 0.5) is 5.69 Å². The normalized spacial score (nSPS) is 10.2. The molecule has 18 heavy (non-hydrogen) atoms. The number of rotatable bonds is 5. The largest absolute Gasteiger partial charge is 0.399 e. The number of aromatic nitrogens is 2. The third-order valence-electron chi connectivity index (χ3n) is 2.53. The Morgan fingerprint density at radius 2 is 2.22 bits per heavy atom. The lowest BCUT2D eigenvalue weighted by molar-refractivity contribution is -0.121. The van der Waals surface area contributed by atoms with Crippen molar-refractivity contribution >= 4 is 11.6 Å². The van der Waals surface area contributed by atoms with E-state index in [0.29, 0.717) is 24.4 Å². The molecule has 0 aliphatic heterocycles. The van der Waals surface area contributed by atoms with Crippen LogP contribution in [0.2, 0.25) is 0 Å². The molecule has 3 N–H and O–H groups in total. The Balaban J connectivity index is 1.77. The van der Waals surface area contributed by atoms with E-state index in [9.17, 15) is 4.79 Å². The zero-order valence-corrected chi connectivity index (χ0v) is 9.80. The van der Waals surface area contributed by atoms with E-state index in [0.717, 1.165) is 5.56 Å². The standard InChI is InChI=1S/C12H14N4O2/c13-10-4-2-1-3-9(10)5-6-12(17)14-7-11-15-8-18-16-11/h1-4,8H,5-7,13H2,(H,14,17). The second-order valence-electron chi connectivity index (χ2n) is 3.82. The summed E-state index contributed by atoms with van der Waals surface area (Å²) in [5.74, 6) is 0.394. The maximum absolute atomic E-state index is 11.6. The van der Waals surface area contributed by atoms with E-state index in [-0.39, 0.29) is 12.5 Å². The van der Waals surface area contributed by atoms with Gasteiger partial charge in [-0.05, 0) is 18.1 Å². The summed E-state index contributed by atoms with van der Waals surface area (Å²) in [5.41, 5.74) is 7.48. The molecule has 0 bridgehead atoms. The van der Waals surface area contributed by atoms with Gasteiger partial charge in [0.15, 0.2) is 5.82 Å². The summed E-state index contributed by atoms with van der Waals surface area (Å²) in [6.45, 7) is 0.277. The molecule has 0 radical (unpaired) electrons. The minimum Gasteiger partial charge on any atom is -0.399 e. The van der Waals surface area contributed by atoms with Gasteiger partial charge in [-0.3, -0.25) is 4.79 Å². The van der Waals surface area contributed by atoms with Crippen LogP contribution in [0.5, 0.6) is 0 Å². The molecule has 1 heterocycles. The molecule has 0 atom stereocenters. The van der Waals surface area contributed by atoms with E-state index in [1.165, 1.54) is 6.39 Å². The fourth-order valence-electron chi connectivity index (χ4n) is 1.55. The minimum atomic E-state index is -0.0666. The zero-order chi connectivity index (χ0) is 12.8. The highest BCUT2D eigenvalue weighted by Gasteiger charge is 2.05. The summed E-state index contributed by atoms with van der Waals surface area (Å²) in [5, 5.41) is 6.31. The van der Waals surface area contributed by atoms with Crippen LogP contribution >= 0.6 is 0 Å². The van der Waals surface area contributed by atoms with Gasteiger partial charge in [0.2, 0.25) is 12.3 Å². The molecule has 2 rings (SSSR count). The highest BCUT2D eigenvalue weighted by atomic mass is 16.5. The number of amides is 1. The topological polar surface area (TPSA) is 94.0 Å². The number of hydrogen-bond acceptors (Lipinski definition) is 5. The first-order valence-corrected chi connectivity index (χ1v) is 5.61. The molecule has 1 aromatic carbocycles. The van der Waals surface area contributed by atoms with Gasteiger partial charge in [0.05, 0.1) is 6.54 Å². The van der Waals surface area contributed by atoms with E-state index >= 15 is 0 Å². The van der Waals surface area contributed by atoms with Gasteiger partial charge in [-0.25, -0.2) is 0 Å². The molecule has 2 aromatic rings. The maximum atomic E-state index is 11.6. The maximum Gasteiger partial charge on any atom is 0.220 e. The van der Waals surface area contributed by atoms with Crippen molar-refractivity contribution in [2.24, 2.45) is 0 Å². The number of hydrogen-bond donors (Lipinski definition) is 2. The van der Waals surface area contributed by atoms with Gasteiger partial charge in [-0.2, -0.15) is 4.98 Å². The number of nitrogens with one attached hydrogen (secondary N) is 1. The predicted octanol–water partition coefficient (Wildman–Crippen LogP) is 0.901. The minimum absolute atomic E-state index is 0.0666. The predicted molar refractivity (Wildman–Crippen MR) is 65.3 cm³/mol. The van der Waals surface area contributed by atoms with Crippen molar-refractivity contribution in [3.05, 3.63) is 42.0 Å². The van der Waals surface area contributed by atoms with Gasteiger partial charge in [-0.1, -0.05) is 23.4 Å². The summed E-state index contributed by atoms with van der Waals surface area (Å²) in [4.78, 5) is 15.4. The number of nitrogens with zero attached hydrogens (tertiary/aromatic N) is 2. The lowest BCUT2D eigenvalue weighted by Gasteiger charge is -2.05. The second kappa shape index (κ2) is 5.81. The van der Waals surface area contributed by atoms with Gasteiger partial charge in [0.25, 0.3) is 0 Å². The second-order valence-corrected chi connectivity index (χ2v) is 3.82. The van der Waals surface area contributed by atoms with Gasteiger partial charge < -0.3 is 15.6 Å². The molecule has 1 aromatic heterocycles. The van der Waals surface area contributed by atoms with Gasteiger partial charge in [0, 0.05) is 12.1 Å². The molecule has 6 nitrogen and oxygen atoms in total. The average molecular weight is 246 g/mol. The van der Waals surface area contributed by atoms with Crippen LogP contribution in [-0.4, -0.2) is 16.0 Å². The fourth-order valence-corrected chi connectivity index (χ4v) is 1.55. The lowest BCUT2D eigenvalue weighted by Crippen LogP contribution is -2.23. The third kappa shape index (κ3) is 3.31. The van der Waals surface area contributed by atoms with Crippen LogP contribution in [0.3, 0.4) is 0 Å². The van der Waals surface area contributed by atoms with Crippen LogP contribution in [0.1, 0.15) is 17.8 Å². The molecular formula is C12H14N4O2. The average Bonchev–Trinajstić information content (AvgIpc) is 2.88. The van der Waals surface area contributed by atoms with Crippen molar-refractivity contribution in [2.75, 3.05) is 5.73 Å². The van der Waals surface area contributed by atoms with Crippen molar-refractivity contribution in [2.45, 2.75) is 19.4 Å². The Labute approximate surface area is 104 Å². The van der Waals surface area contributed by atoms with E-state index in [4.69, 9.17) is 5.73 Å². The summed E-state index contributed by atoms with van der Waals surface area (Å²) in [6.07, 6.45) is 2.23. The van der Waals surface area contributed by atoms with Crippen molar-refractivity contribution in [3.8, 4) is 0 Å². The number of nitrogens with two attached hydrogens (primary N) is 1. The Hall–Kier alpha value is -2.37. The number of benzene rings is 1. The molecular weight excluding hydrogens is 232 g/mol. The van der Waals surface area contributed by atoms with E-state index in [1.54, 1.807) is 0 Å². The first kappa shape index (κ1) is 12.1. The first-order valence-electron chi connectivity index (χ1n) is 5.61. The summed E-state index contributed by atoms with van der Waals surface area (Å²) < 4.78 is 4.56. The molecule has 0 fully saturated rings. The van der Waals surface area contributed by atoms with Crippen LogP contribution in [-0.2, 0) is 17.8 Å². The SMILES string of the molecule is Nc1ccccc1CCC(=O)NCc1ncon1. The molecule has 0 aliphatic rings. The number of anilines is 1. The molecule has 0 spiro atoms. The fraction of sp³-hybridized carbons (Fsp3) is 0.250. The van der Waals surface area contributed by atoms with Crippen LogP contribution in [0.15, 0.2) is 35.2 Å². The Kier molecular flexibility index (Phi) is 3.90. The Bertz CT molecular complexity index is 511. The zero-order valence-electron chi connectivity index (χ0n) is 9.80. The smallest absolute Gasteiger partial charge is 0.220 e. The summed E-state index contributed by atoms with van der Waals surface area (Å²) in [7, 11) is 0.